The first-order valence-electron chi connectivity index (χ1n) is 9.09. The minimum absolute atomic E-state index is 0.289. The summed E-state index contributed by atoms with van der Waals surface area (Å²) in [5, 5.41) is 11.5. The molecule has 1 aliphatic heterocycles. The zero-order valence-corrected chi connectivity index (χ0v) is 16.5. The van der Waals surface area contributed by atoms with Gasteiger partial charge in [-0.1, -0.05) is 28.1 Å². The second-order valence-electron chi connectivity index (χ2n) is 6.76. The van der Waals surface area contributed by atoms with Crippen LogP contribution in [-0.4, -0.2) is 52.3 Å². The fourth-order valence-corrected chi connectivity index (χ4v) is 3.82. The Morgan fingerprint density at radius 1 is 1.30 bits per heavy atom. The quantitative estimate of drug-likeness (QED) is 0.626. The van der Waals surface area contributed by atoms with Gasteiger partial charge in [0.25, 0.3) is 0 Å². The van der Waals surface area contributed by atoms with Crippen molar-refractivity contribution in [3.05, 3.63) is 64.9 Å². The van der Waals surface area contributed by atoms with Crippen LogP contribution in [0.1, 0.15) is 12.0 Å². The summed E-state index contributed by atoms with van der Waals surface area (Å²) < 4.78 is 6.65. The molecule has 6 heteroatoms. The minimum atomic E-state index is -0.517. The fourth-order valence-electron chi connectivity index (χ4n) is 3.44. The lowest BCUT2D eigenvalue weighted by molar-refractivity contribution is 0.0717. The molecule has 2 aromatic heterocycles. The number of hydrogen-bond donors (Lipinski definition) is 2. The number of nitrogens with zero attached hydrogens (tertiary/aromatic N) is 2. The number of aromatic amines is 1. The number of aromatic nitrogens is 2. The van der Waals surface area contributed by atoms with Crippen molar-refractivity contribution in [1.29, 1.82) is 0 Å². The second-order valence-corrected chi connectivity index (χ2v) is 7.68. The third-order valence-corrected chi connectivity index (χ3v) is 5.29. The molecule has 27 heavy (non-hydrogen) atoms. The van der Waals surface area contributed by atoms with Gasteiger partial charge in [0.2, 0.25) is 0 Å². The van der Waals surface area contributed by atoms with E-state index in [1.807, 2.05) is 36.5 Å². The number of pyridine rings is 1. The molecule has 0 aliphatic carbocycles. The number of aliphatic hydroxyl groups is 1. The molecule has 0 bridgehead atoms. The van der Waals surface area contributed by atoms with Crippen LogP contribution < -0.4 is 4.74 Å². The number of aliphatic hydroxyl groups excluding tert-OH is 1. The van der Waals surface area contributed by atoms with Gasteiger partial charge < -0.3 is 14.8 Å². The van der Waals surface area contributed by atoms with E-state index in [4.69, 9.17) is 4.74 Å². The van der Waals surface area contributed by atoms with Crippen LogP contribution in [0.25, 0.3) is 16.6 Å². The topological polar surface area (TPSA) is 61.4 Å². The number of nitrogens with one attached hydrogen (secondary N) is 1. The highest BCUT2D eigenvalue weighted by Crippen LogP contribution is 2.28. The Balaban J connectivity index is 1.32. The van der Waals surface area contributed by atoms with E-state index in [-0.39, 0.29) is 6.61 Å². The SMILES string of the molecule is OC(COc1cccc(Br)c1)CN1CC=C(c2c[nH]c3ncccc23)CC1. The van der Waals surface area contributed by atoms with Gasteiger partial charge in [-0.2, -0.15) is 0 Å². The third-order valence-electron chi connectivity index (χ3n) is 4.80. The monoisotopic (exact) mass is 427 g/mol. The molecule has 4 rings (SSSR count). The molecular formula is C21H22BrN3O2. The number of halogens is 1. The maximum Gasteiger partial charge on any atom is 0.137 e. The average Bonchev–Trinajstić information content (AvgIpc) is 3.11. The van der Waals surface area contributed by atoms with E-state index in [0.29, 0.717) is 6.54 Å². The van der Waals surface area contributed by atoms with Gasteiger partial charge in [-0.25, -0.2) is 4.98 Å². The zero-order chi connectivity index (χ0) is 18.6. The molecule has 0 spiro atoms. The summed E-state index contributed by atoms with van der Waals surface area (Å²) in [5.41, 5.74) is 3.50. The van der Waals surface area contributed by atoms with Gasteiger partial charge in [0, 0.05) is 47.5 Å². The van der Waals surface area contributed by atoms with Crippen LogP contribution in [0.5, 0.6) is 5.75 Å². The fraction of sp³-hybridized carbons (Fsp3) is 0.286. The highest BCUT2D eigenvalue weighted by Gasteiger charge is 2.18. The molecular weight excluding hydrogens is 406 g/mol. The average molecular weight is 428 g/mol. The largest absolute Gasteiger partial charge is 0.491 e. The van der Waals surface area contributed by atoms with Crippen molar-refractivity contribution in [3.63, 3.8) is 0 Å². The molecule has 1 atom stereocenters. The summed E-state index contributed by atoms with van der Waals surface area (Å²) in [4.78, 5) is 9.85. The molecule has 0 radical (unpaired) electrons. The van der Waals surface area contributed by atoms with Crippen LogP contribution in [0.2, 0.25) is 0 Å². The van der Waals surface area contributed by atoms with E-state index >= 15 is 0 Å². The van der Waals surface area contributed by atoms with Crippen LogP contribution in [0.4, 0.5) is 0 Å². The predicted octanol–water partition coefficient (Wildman–Crippen LogP) is 3.85. The van der Waals surface area contributed by atoms with E-state index in [1.165, 1.54) is 16.5 Å². The van der Waals surface area contributed by atoms with Crippen molar-refractivity contribution in [2.24, 2.45) is 0 Å². The molecule has 0 saturated carbocycles. The molecule has 140 valence electrons. The lowest BCUT2D eigenvalue weighted by atomic mass is 9.99. The van der Waals surface area contributed by atoms with Crippen LogP contribution in [-0.2, 0) is 0 Å². The first kappa shape index (κ1) is 18.2. The molecule has 0 fully saturated rings. The third kappa shape index (κ3) is 4.40. The highest BCUT2D eigenvalue weighted by molar-refractivity contribution is 9.10. The molecule has 1 unspecified atom stereocenters. The maximum absolute atomic E-state index is 10.3. The van der Waals surface area contributed by atoms with Crippen LogP contribution >= 0.6 is 15.9 Å². The number of rotatable bonds is 6. The van der Waals surface area contributed by atoms with Gasteiger partial charge in [-0.15, -0.1) is 0 Å². The first-order valence-corrected chi connectivity index (χ1v) is 9.88. The van der Waals surface area contributed by atoms with Gasteiger partial charge in [-0.3, -0.25) is 4.90 Å². The predicted molar refractivity (Wildman–Crippen MR) is 111 cm³/mol. The van der Waals surface area contributed by atoms with Crippen LogP contribution in [0.15, 0.2) is 59.3 Å². The first-order chi connectivity index (χ1) is 13.2. The Kier molecular flexibility index (Phi) is 5.57. The van der Waals surface area contributed by atoms with Gasteiger partial charge >= 0.3 is 0 Å². The summed E-state index contributed by atoms with van der Waals surface area (Å²) in [6.45, 7) is 2.65. The Morgan fingerprint density at radius 3 is 3.04 bits per heavy atom. The van der Waals surface area contributed by atoms with E-state index in [2.05, 4.69) is 42.9 Å². The van der Waals surface area contributed by atoms with Crippen LogP contribution in [0, 0.1) is 0 Å². The standard InChI is InChI=1S/C21H22BrN3O2/c22-16-3-1-4-18(11-16)27-14-17(26)13-25-9-6-15(7-10-25)20-12-24-21-19(20)5-2-8-23-21/h1-6,8,11-12,17,26H,7,9-10,13-14H2,(H,23,24). The van der Waals surface area contributed by atoms with Gasteiger partial charge in [0.1, 0.15) is 24.1 Å². The van der Waals surface area contributed by atoms with E-state index in [9.17, 15) is 5.11 Å². The molecule has 5 nitrogen and oxygen atoms in total. The van der Waals surface area contributed by atoms with Crippen molar-refractivity contribution in [2.45, 2.75) is 12.5 Å². The van der Waals surface area contributed by atoms with E-state index < -0.39 is 6.10 Å². The molecule has 1 aromatic carbocycles. The Hall–Kier alpha value is -2.15. The molecule has 2 N–H and O–H groups in total. The number of fused-ring (bicyclic) bond motifs is 1. The van der Waals surface area contributed by atoms with Gasteiger partial charge in [0.15, 0.2) is 0 Å². The number of benzene rings is 1. The Morgan fingerprint density at radius 2 is 2.22 bits per heavy atom. The Bertz CT molecular complexity index is 953. The summed E-state index contributed by atoms with van der Waals surface area (Å²) in [6.07, 6.45) is 6.54. The van der Waals surface area contributed by atoms with Crippen molar-refractivity contribution < 1.29 is 9.84 Å². The molecule has 0 amide bonds. The molecule has 3 heterocycles. The van der Waals surface area contributed by atoms with E-state index in [1.54, 1.807) is 6.20 Å². The Labute approximate surface area is 166 Å². The summed E-state index contributed by atoms with van der Waals surface area (Å²) in [6, 6.07) is 11.7. The molecule has 1 aliphatic rings. The van der Waals surface area contributed by atoms with Gasteiger partial charge in [0.05, 0.1) is 0 Å². The van der Waals surface area contributed by atoms with Crippen molar-refractivity contribution in [2.75, 3.05) is 26.2 Å². The normalized spacial score (nSPS) is 16.3. The lowest BCUT2D eigenvalue weighted by Crippen LogP contribution is -2.38. The molecule has 0 saturated heterocycles. The maximum atomic E-state index is 10.3. The van der Waals surface area contributed by atoms with Crippen LogP contribution in [0.3, 0.4) is 0 Å². The zero-order valence-electron chi connectivity index (χ0n) is 14.9. The minimum Gasteiger partial charge on any atom is -0.491 e. The smallest absolute Gasteiger partial charge is 0.137 e. The molecule has 3 aromatic rings. The summed E-state index contributed by atoms with van der Waals surface area (Å²) in [7, 11) is 0. The van der Waals surface area contributed by atoms with Gasteiger partial charge in [-0.05, 0) is 42.3 Å². The number of ether oxygens (including phenoxy) is 1. The second kappa shape index (κ2) is 8.25. The number of β-amino-alcohol motifs (C(OH)–C–C–N with tert-alkyl or cyclic N) is 1. The summed E-state index contributed by atoms with van der Waals surface area (Å²) >= 11 is 3.42. The number of H-pyrrole nitrogens is 1. The number of hydrogen-bond acceptors (Lipinski definition) is 4. The van der Waals surface area contributed by atoms with Crippen molar-refractivity contribution >= 4 is 32.5 Å². The van der Waals surface area contributed by atoms with Crippen molar-refractivity contribution in [3.8, 4) is 5.75 Å². The highest BCUT2D eigenvalue weighted by atomic mass is 79.9. The van der Waals surface area contributed by atoms with Crippen molar-refractivity contribution in [1.82, 2.24) is 14.9 Å². The summed E-state index contributed by atoms with van der Waals surface area (Å²) in [5.74, 6) is 0.761. The van der Waals surface area contributed by atoms with E-state index in [0.717, 1.165) is 35.4 Å². The lowest BCUT2D eigenvalue weighted by Gasteiger charge is -2.28.